The SMILES string of the molecule is COc1ccc([C@@]2(C)[C@]3(C#N)C(N)=N[C@@]4(OCCS4)[C@@]32C#N)cc1OC. The van der Waals surface area contributed by atoms with Gasteiger partial charge in [-0.25, -0.2) is 4.99 Å². The second kappa shape index (κ2) is 5.06. The fourth-order valence-electron chi connectivity index (χ4n) is 4.83. The first-order chi connectivity index (χ1) is 12.4. The van der Waals surface area contributed by atoms with Gasteiger partial charge in [-0.05, 0) is 17.7 Å². The van der Waals surface area contributed by atoms with Gasteiger partial charge in [0.25, 0.3) is 0 Å². The molecule has 4 atom stereocenters. The van der Waals surface area contributed by atoms with Gasteiger partial charge >= 0.3 is 0 Å². The fraction of sp³-hybridized carbons (Fsp3) is 0.500. The molecule has 0 bridgehead atoms. The van der Waals surface area contributed by atoms with Crippen LogP contribution in [0.2, 0.25) is 0 Å². The monoisotopic (exact) mass is 370 g/mol. The van der Waals surface area contributed by atoms with E-state index in [1.54, 1.807) is 26.4 Å². The fourth-order valence-corrected chi connectivity index (χ4v) is 6.22. The van der Waals surface area contributed by atoms with Crippen molar-refractivity contribution in [2.75, 3.05) is 26.6 Å². The number of methoxy groups -OCH3 is 2. The lowest BCUT2D eigenvalue weighted by Crippen LogP contribution is -2.38. The van der Waals surface area contributed by atoms with Crippen LogP contribution in [0.4, 0.5) is 0 Å². The van der Waals surface area contributed by atoms with Crippen molar-refractivity contribution in [3.63, 3.8) is 0 Å². The van der Waals surface area contributed by atoms with Gasteiger partial charge in [0, 0.05) is 11.2 Å². The Kier molecular flexibility index (Phi) is 3.31. The quantitative estimate of drug-likeness (QED) is 0.862. The number of aliphatic imine (C=N–C) groups is 1. The summed E-state index contributed by atoms with van der Waals surface area (Å²) in [5, 5.41) is 19.2. The molecular weight excluding hydrogens is 352 g/mol. The van der Waals surface area contributed by atoms with E-state index < -0.39 is 21.3 Å². The normalized spacial score (nSPS) is 39.7. The van der Waals surface area contributed by atoms with Crippen LogP contribution < -0.4 is 15.2 Å². The molecule has 7 nitrogen and oxygen atoms in total. The highest BCUT2D eigenvalue weighted by atomic mass is 32.2. The Morgan fingerprint density at radius 3 is 2.50 bits per heavy atom. The summed E-state index contributed by atoms with van der Waals surface area (Å²) in [5.74, 6) is 1.96. The molecule has 2 N–H and O–H groups in total. The Balaban J connectivity index is 1.97. The molecule has 0 amide bonds. The summed E-state index contributed by atoms with van der Waals surface area (Å²) >= 11 is 1.44. The van der Waals surface area contributed by atoms with Crippen LogP contribution in [-0.2, 0) is 10.2 Å². The van der Waals surface area contributed by atoms with E-state index in [9.17, 15) is 10.5 Å². The van der Waals surface area contributed by atoms with Crippen LogP contribution in [0.15, 0.2) is 23.2 Å². The molecule has 1 aromatic carbocycles. The largest absolute Gasteiger partial charge is 0.493 e. The zero-order valence-corrected chi connectivity index (χ0v) is 15.5. The summed E-state index contributed by atoms with van der Waals surface area (Å²) in [6.45, 7) is 2.35. The lowest BCUT2D eigenvalue weighted by molar-refractivity contribution is 0.0151. The smallest absolute Gasteiger partial charge is 0.231 e. The third-order valence-corrected chi connectivity index (χ3v) is 7.38. The van der Waals surface area contributed by atoms with E-state index in [-0.39, 0.29) is 5.84 Å². The summed E-state index contributed by atoms with van der Waals surface area (Å²) in [6, 6.07) is 10.1. The van der Waals surface area contributed by atoms with E-state index in [1.807, 2.05) is 13.0 Å². The van der Waals surface area contributed by atoms with Gasteiger partial charge in [0.2, 0.25) is 5.06 Å². The van der Waals surface area contributed by atoms with E-state index in [1.165, 1.54) is 11.8 Å². The number of hydrogen-bond acceptors (Lipinski definition) is 8. The molecule has 2 fully saturated rings. The minimum atomic E-state index is -1.24. The Hall–Kier alpha value is -2.42. The van der Waals surface area contributed by atoms with Crippen molar-refractivity contribution in [2.45, 2.75) is 17.4 Å². The van der Waals surface area contributed by atoms with E-state index in [0.717, 1.165) is 5.56 Å². The number of ether oxygens (including phenoxy) is 3. The van der Waals surface area contributed by atoms with Crippen molar-refractivity contribution in [3.05, 3.63) is 23.8 Å². The average molecular weight is 370 g/mol. The second-order valence-electron chi connectivity index (χ2n) is 6.69. The van der Waals surface area contributed by atoms with Gasteiger partial charge in [-0.3, -0.25) is 0 Å². The first kappa shape index (κ1) is 17.0. The molecule has 1 saturated carbocycles. The molecule has 2 aliphatic heterocycles. The maximum absolute atomic E-state index is 10.3. The number of thioether (sulfide) groups is 1. The lowest BCUT2D eigenvalue weighted by Gasteiger charge is -2.30. The standard InChI is InChI=1S/C18H18N4O3S/c1-15(11-4-5-12(23-2)13(8-11)24-3)16(9-19)14(21)22-18(17(15,16)10-20)25-6-7-26-18/h4-5,8H,6-7H2,1-3H3,(H2,21,22)/t15-,16-,17+,18+/m0/s1. The third-order valence-electron chi connectivity index (χ3n) is 6.10. The van der Waals surface area contributed by atoms with Gasteiger partial charge in [-0.2, -0.15) is 10.5 Å². The predicted octanol–water partition coefficient (Wildman–Crippen LogP) is 1.78. The Bertz CT molecular complexity index is 914. The minimum absolute atomic E-state index is 0.160. The molecule has 1 saturated heterocycles. The molecule has 0 radical (unpaired) electrons. The lowest BCUT2D eigenvalue weighted by atomic mass is 9.85. The molecule has 4 rings (SSSR count). The van der Waals surface area contributed by atoms with Crippen molar-refractivity contribution in [3.8, 4) is 23.6 Å². The van der Waals surface area contributed by atoms with Gasteiger partial charge in [0.1, 0.15) is 5.84 Å². The number of hydrogen-bond donors (Lipinski definition) is 1. The van der Waals surface area contributed by atoms with Crippen molar-refractivity contribution < 1.29 is 14.2 Å². The number of benzene rings is 1. The number of fused-ring (bicyclic) bond motifs is 2. The van der Waals surface area contributed by atoms with Crippen molar-refractivity contribution in [1.82, 2.24) is 0 Å². The molecule has 3 aliphatic rings. The molecule has 2 heterocycles. The summed E-state index contributed by atoms with van der Waals surface area (Å²) in [7, 11) is 3.10. The number of nitrogens with zero attached hydrogens (tertiary/aromatic N) is 3. The highest BCUT2D eigenvalue weighted by Crippen LogP contribution is 2.87. The van der Waals surface area contributed by atoms with Crippen LogP contribution in [-0.4, -0.2) is 37.5 Å². The van der Waals surface area contributed by atoms with Crippen LogP contribution in [0.1, 0.15) is 12.5 Å². The van der Waals surface area contributed by atoms with E-state index >= 15 is 0 Å². The van der Waals surface area contributed by atoms with Gasteiger partial charge in [0.15, 0.2) is 22.3 Å². The van der Waals surface area contributed by atoms with Crippen LogP contribution in [0.25, 0.3) is 0 Å². The maximum Gasteiger partial charge on any atom is 0.231 e. The molecule has 1 spiro atoms. The number of rotatable bonds is 3. The first-order valence-corrected chi connectivity index (χ1v) is 9.12. The van der Waals surface area contributed by atoms with Crippen molar-refractivity contribution in [1.29, 1.82) is 10.5 Å². The zero-order chi connectivity index (χ0) is 18.8. The van der Waals surface area contributed by atoms with Crippen LogP contribution in [0.3, 0.4) is 0 Å². The van der Waals surface area contributed by atoms with Crippen molar-refractivity contribution in [2.24, 2.45) is 21.6 Å². The van der Waals surface area contributed by atoms with Gasteiger partial charge in [-0.1, -0.05) is 24.8 Å². The summed E-state index contributed by atoms with van der Waals surface area (Å²) in [5.41, 5.74) is 3.69. The summed E-state index contributed by atoms with van der Waals surface area (Å²) < 4.78 is 16.6. The van der Waals surface area contributed by atoms with Crippen LogP contribution >= 0.6 is 11.8 Å². The van der Waals surface area contributed by atoms with Crippen LogP contribution in [0, 0.1) is 33.5 Å². The first-order valence-electron chi connectivity index (χ1n) is 8.13. The van der Waals surface area contributed by atoms with Gasteiger partial charge in [-0.15, -0.1) is 0 Å². The number of nitrogens with two attached hydrogens (primary N) is 1. The minimum Gasteiger partial charge on any atom is -0.493 e. The van der Waals surface area contributed by atoms with E-state index in [2.05, 4.69) is 17.1 Å². The third kappa shape index (κ3) is 1.41. The second-order valence-corrected chi connectivity index (χ2v) is 7.94. The average Bonchev–Trinajstić information content (AvgIpc) is 2.94. The summed E-state index contributed by atoms with van der Waals surface area (Å²) in [4.78, 5) is 4.47. The number of amidine groups is 1. The van der Waals surface area contributed by atoms with E-state index in [0.29, 0.717) is 23.9 Å². The highest BCUT2D eigenvalue weighted by Gasteiger charge is 2.99. The maximum atomic E-state index is 10.3. The predicted molar refractivity (Wildman–Crippen MR) is 95.8 cm³/mol. The summed E-state index contributed by atoms with van der Waals surface area (Å²) in [6.07, 6.45) is 0. The number of nitriles is 2. The zero-order valence-electron chi connectivity index (χ0n) is 14.7. The highest BCUT2D eigenvalue weighted by molar-refractivity contribution is 8.00. The molecule has 0 aromatic heterocycles. The van der Waals surface area contributed by atoms with Crippen LogP contribution in [0.5, 0.6) is 11.5 Å². The Morgan fingerprint density at radius 2 is 1.96 bits per heavy atom. The molecule has 8 heteroatoms. The Labute approximate surface area is 155 Å². The van der Waals surface area contributed by atoms with Gasteiger partial charge < -0.3 is 19.9 Å². The topological polar surface area (TPSA) is 114 Å². The van der Waals surface area contributed by atoms with E-state index in [4.69, 9.17) is 19.9 Å². The van der Waals surface area contributed by atoms with Crippen molar-refractivity contribution >= 4 is 17.6 Å². The molecular formula is C18H18N4O3S. The molecule has 134 valence electrons. The molecule has 1 aromatic rings. The van der Waals surface area contributed by atoms with Gasteiger partial charge in [0.05, 0.1) is 33.0 Å². The Morgan fingerprint density at radius 1 is 1.23 bits per heavy atom. The molecule has 0 unspecified atom stereocenters. The molecule has 1 aliphatic carbocycles. The molecule has 26 heavy (non-hydrogen) atoms.